The van der Waals surface area contributed by atoms with Crippen LogP contribution in [0.4, 0.5) is 0 Å². The summed E-state index contributed by atoms with van der Waals surface area (Å²) in [7, 11) is 0. The first-order chi connectivity index (χ1) is 8.19. The van der Waals surface area contributed by atoms with Crippen molar-refractivity contribution in [2.24, 2.45) is 0 Å². The molecule has 0 bridgehead atoms. The molecule has 1 heterocycles. The largest absolute Gasteiger partial charge is 0.241 e. The molecular weight excluding hydrogens is 252 g/mol. The van der Waals surface area contributed by atoms with Crippen LogP contribution in [0.15, 0.2) is 29.6 Å². The molecule has 17 heavy (non-hydrogen) atoms. The van der Waals surface area contributed by atoms with Gasteiger partial charge in [0.1, 0.15) is 11.1 Å². The zero-order chi connectivity index (χ0) is 12.3. The second kappa shape index (κ2) is 5.13. The highest BCUT2D eigenvalue weighted by molar-refractivity contribution is 7.11. The molecule has 4 heteroatoms. The molecule has 0 radical (unpaired) electrons. The Kier molecular flexibility index (Phi) is 3.58. The zero-order valence-corrected chi connectivity index (χ0v) is 10.7. The molecule has 1 aromatic carbocycles. The Bertz CT molecular complexity index is 608. The summed E-state index contributed by atoms with van der Waals surface area (Å²) in [5.41, 5.74) is 2.39. The van der Waals surface area contributed by atoms with Crippen molar-refractivity contribution < 1.29 is 0 Å². The summed E-state index contributed by atoms with van der Waals surface area (Å²) in [5.74, 6) is 0. The molecule has 84 valence electrons. The van der Waals surface area contributed by atoms with Gasteiger partial charge < -0.3 is 0 Å². The van der Waals surface area contributed by atoms with Crippen LogP contribution in [0.3, 0.4) is 0 Å². The van der Waals surface area contributed by atoms with Crippen LogP contribution < -0.4 is 0 Å². The van der Waals surface area contributed by atoms with E-state index in [1.807, 2.05) is 30.5 Å². The summed E-state index contributed by atoms with van der Waals surface area (Å²) < 4.78 is 0. The van der Waals surface area contributed by atoms with Crippen molar-refractivity contribution in [3.63, 3.8) is 0 Å². The van der Waals surface area contributed by atoms with Crippen LogP contribution in [-0.2, 0) is 0 Å². The van der Waals surface area contributed by atoms with Crippen molar-refractivity contribution in [2.75, 3.05) is 0 Å². The molecule has 1 aromatic heterocycles. The fraction of sp³-hybridized carbons (Fsp3) is 0.0769. The van der Waals surface area contributed by atoms with Crippen molar-refractivity contribution in [1.29, 1.82) is 5.26 Å². The summed E-state index contributed by atoms with van der Waals surface area (Å²) in [6.07, 6.45) is 1.80. The Labute approximate surface area is 109 Å². The van der Waals surface area contributed by atoms with Gasteiger partial charge in [0.15, 0.2) is 0 Å². The third-order valence-corrected chi connectivity index (χ3v) is 3.36. The lowest BCUT2D eigenvalue weighted by Crippen LogP contribution is -1.81. The van der Waals surface area contributed by atoms with Gasteiger partial charge in [-0.3, -0.25) is 0 Å². The second-order valence-corrected chi connectivity index (χ2v) is 4.81. The fourth-order valence-electron chi connectivity index (χ4n) is 1.38. The first-order valence-corrected chi connectivity index (χ1v) is 6.24. The number of halogens is 1. The molecule has 0 unspecified atom stereocenters. The smallest absolute Gasteiger partial charge is 0.134 e. The maximum Gasteiger partial charge on any atom is 0.134 e. The maximum absolute atomic E-state index is 9.13. The van der Waals surface area contributed by atoms with Gasteiger partial charge in [0.25, 0.3) is 0 Å². The monoisotopic (exact) mass is 260 g/mol. The van der Waals surface area contributed by atoms with Gasteiger partial charge in [-0.25, -0.2) is 4.98 Å². The number of nitrogens with zero attached hydrogens (tertiary/aromatic N) is 2. The standard InChI is InChI=1S/C13H9ClN2S/c1-9-8-17-13(16-9)11(7-15)5-10-3-2-4-12(14)6-10/h2-6,8H,1H3/b11-5+. The summed E-state index contributed by atoms with van der Waals surface area (Å²) in [4.78, 5) is 4.30. The predicted molar refractivity (Wildman–Crippen MR) is 71.8 cm³/mol. The van der Waals surface area contributed by atoms with Crippen molar-refractivity contribution in [2.45, 2.75) is 6.92 Å². The van der Waals surface area contributed by atoms with Crippen molar-refractivity contribution in [3.8, 4) is 6.07 Å². The quantitative estimate of drug-likeness (QED) is 0.760. The summed E-state index contributed by atoms with van der Waals surface area (Å²) in [6, 6.07) is 9.55. The molecule has 0 aliphatic carbocycles. The van der Waals surface area contributed by atoms with Crippen LogP contribution >= 0.6 is 22.9 Å². The number of aromatic nitrogens is 1. The van der Waals surface area contributed by atoms with E-state index in [-0.39, 0.29) is 0 Å². The number of aryl methyl sites for hydroxylation is 1. The average molecular weight is 261 g/mol. The van der Waals surface area contributed by atoms with Crippen molar-refractivity contribution in [3.05, 3.63) is 50.9 Å². The minimum atomic E-state index is 0.561. The minimum Gasteiger partial charge on any atom is -0.241 e. The van der Waals surface area contributed by atoms with Crippen molar-refractivity contribution in [1.82, 2.24) is 4.98 Å². The van der Waals surface area contributed by atoms with Gasteiger partial charge in [0.05, 0.1) is 5.57 Å². The lowest BCUT2D eigenvalue weighted by molar-refractivity contribution is 1.25. The van der Waals surface area contributed by atoms with E-state index < -0.39 is 0 Å². The van der Waals surface area contributed by atoms with Crippen LogP contribution in [0.1, 0.15) is 16.3 Å². The van der Waals surface area contributed by atoms with E-state index in [2.05, 4.69) is 11.1 Å². The summed E-state index contributed by atoms with van der Waals surface area (Å²) in [5, 5.41) is 12.5. The highest BCUT2D eigenvalue weighted by Crippen LogP contribution is 2.22. The number of allylic oxidation sites excluding steroid dienone is 1. The summed E-state index contributed by atoms with van der Waals surface area (Å²) in [6.45, 7) is 1.91. The number of benzene rings is 1. The van der Waals surface area contributed by atoms with Gasteiger partial charge in [-0.1, -0.05) is 23.7 Å². The number of rotatable bonds is 2. The van der Waals surface area contributed by atoms with E-state index in [4.69, 9.17) is 16.9 Å². The van der Waals surface area contributed by atoms with Gasteiger partial charge in [-0.15, -0.1) is 11.3 Å². The Morgan fingerprint density at radius 3 is 2.94 bits per heavy atom. The third-order valence-electron chi connectivity index (χ3n) is 2.13. The minimum absolute atomic E-state index is 0.561. The Hall–Kier alpha value is -1.63. The van der Waals surface area contributed by atoms with Gasteiger partial charge in [0.2, 0.25) is 0 Å². The Balaban J connectivity index is 2.40. The Morgan fingerprint density at radius 2 is 2.35 bits per heavy atom. The second-order valence-electron chi connectivity index (χ2n) is 3.52. The van der Waals surface area contributed by atoms with E-state index in [0.29, 0.717) is 10.6 Å². The number of thiazole rings is 1. The normalized spacial score (nSPS) is 11.2. The molecule has 0 atom stereocenters. The van der Waals surface area contributed by atoms with E-state index in [1.54, 1.807) is 12.1 Å². The first-order valence-electron chi connectivity index (χ1n) is 4.99. The first kappa shape index (κ1) is 11.8. The zero-order valence-electron chi connectivity index (χ0n) is 9.14. The molecule has 2 aromatic rings. The summed E-state index contributed by atoms with van der Waals surface area (Å²) >= 11 is 7.37. The third kappa shape index (κ3) is 2.94. The van der Waals surface area contributed by atoms with E-state index in [9.17, 15) is 0 Å². The molecule has 0 N–H and O–H groups in total. The van der Waals surface area contributed by atoms with Crippen LogP contribution in [-0.4, -0.2) is 4.98 Å². The predicted octanol–water partition coefficient (Wildman–Crippen LogP) is 4.17. The van der Waals surface area contributed by atoms with Crippen LogP contribution in [0.25, 0.3) is 11.6 Å². The SMILES string of the molecule is Cc1csc(/C(C#N)=C/c2cccc(Cl)c2)n1. The highest BCUT2D eigenvalue weighted by Gasteiger charge is 2.05. The number of nitriles is 1. The topological polar surface area (TPSA) is 36.7 Å². The van der Waals surface area contributed by atoms with Gasteiger partial charge in [-0.2, -0.15) is 5.26 Å². The fourth-order valence-corrected chi connectivity index (χ4v) is 2.34. The van der Waals surface area contributed by atoms with Crippen LogP contribution in [0.5, 0.6) is 0 Å². The van der Waals surface area contributed by atoms with E-state index in [0.717, 1.165) is 16.3 Å². The maximum atomic E-state index is 9.13. The molecule has 0 spiro atoms. The molecule has 0 amide bonds. The van der Waals surface area contributed by atoms with E-state index in [1.165, 1.54) is 11.3 Å². The van der Waals surface area contributed by atoms with Crippen LogP contribution in [0.2, 0.25) is 5.02 Å². The molecule has 2 nitrogen and oxygen atoms in total. The molecule has 0 fully saturated rings. The molecule has 0 saturated carbocycles. The lowest BCUT2D eigenvalue weighted by Gasteiger charge is -1.96. The van der Waals surface area contributed by atoms with E-state index >= 15 is 0 Å². The molecule has 0 aliphatic heterocycles. The van der Waals surface area contributed by atoms with Crippen molar-refractivity contribution >= 4 is 34.6 Å². The molecule has 2 rings (SSSR count). The van der Waals surface area contributed by atoms with Gasteiger partial charge in [0, 0.05) is 16.1 Å². The van der Waals surface area contributed by atoms with Gasteiger partial charge in [-0.05, 0) is 30.7 Å². The molecular formula is C13H9ClN2S. The van der Waals surface area contributed by atoms with Crippen LogP contribution in [0, 0.1) is 18.3 Å². The average Bonchev–Trinajstić information content (AvgIpc) is 2.73. The highest BCUT2D eigenvalue weighted by atomic mass is 35.5. The Morgan fingerprint density at radius 1 is 1.53 bits per heavy atom. The lowest BCUT2D eigenvalue weighted by atomic mass is 10.1. The van der Waals surface area contributed by atoms with Gasteiger partial charge >= 0.3 is 0 Å². The number of hydrogen-bond acceptors (Lipinski definition) is 3. The molecule has 0 aliphatic rings. The molecule has 0 saturated heterocycles. The number of hydrogen-bond donors (Lipinski definition) is 0.